The molecule has 0 N–H and O–H groups in total. The van der Waals surface area contributed by atoms with Gasteiger partial charge in [-0.15, -0.1) is 0 Å². The summed E-state index contributed by atoms with van der Waals surface area (Å²) >= 11 is 2.29. The van der Waals surface area contributed by atoms with Crippen LogP contribution in [0, 0.1) is 3.57 Å². The van der Waals surface area contributed by atoms with Crippen LogP contribution in [-0.4, -0.2) is 11.7 Å². The predicted octanol–water partition coefficient (Wildman–Crippen LogP) is 4.01. The Kier molecular flexibility index (Phi) is 3.33. The highest BCUT2D eigenvalue weighted by Crippen LogP contribution is 2.32. The maximum atomic E-state index is 5.80. The van der Waals surface area contributed by atoms with Gasteiger partial charge in [-0.05, 0) is 74.4 Å². The van der Waals surface area contributed by atoms with Gasteiger partial charge in [0.15, 0.2) is 0 Å². The molecule has 2 nitrogen and oxygen atoms in total. The smallest absolute Gasteiger partial charge is 0.133 e. The molecule has 0 radical (unpaired) electrons. The average Bonchev–Trinajstić information content (AvgIpc) is 2.90. The summed E-state index contributed by atoms with van der Waals surface area (Å²) in [5.74, 6) is 1.88. The SMILES string of the molecule is CC(C)(C)Oc1ccc(OC2CC2)c(I)c1. The Balaban J connectivity index is 2.08. The fourth-order valence-corrected chi connectivity index (χ4v) is 1.97. The van der Waals surface area contributed by atoms with Crippen LogP contribution in [0.15, 0.2) is 18.2 Å². The Labute approximate surface area is 110 Å². The van der Waals surface area contributed by atoms with Crippen molar-refractivity contribution in [3.8, 4) is 11.5 Å². The van der Waals surface area contributed by atoms with Gasteiger partial charge in [0, 0.05) is 0 Å². The third kappa shape index (κ3) is 3.54. The molecule has 16 heavy (non-hydrogen) atoms. The second-order valence-electron chi connectivity index (χ2n) is 5.12. The molecule has 1 aliphatic carbocycles. The average molecular weight is 332 g/mol. The molecule has 3 heteroatoms. The second-order valence-corrected chi connectivity index (χ2v) is 6.29. The van der Waals surface area contributed by atoms with Crippen molar-refractivity contribution in [2.45, 2.75) is 45.3 Å². The molecule has 1 aromatic carbocycles. The molecule has 1 fully saturated rings. The normalized spacial score (nSPS) is 16.0. The van der Waals surface area contributed by atoms with Crippen LogP contribution in [0.4, 0.5) is 0 Å². The topological polar surface area (TPSA) is 18.5 Å². The molecule has 1 aliphatic rings. The molecule has 0 amide bonds. The van der Waals surface area contributed by atoms with Crippen molar-refractivity contribution in [1.82, 2.24) is 0 Å². The van der Waals surface area contributed by atoms with E-state index in [2.05, 4.69) is 43.4 Å². The van der Waals surface area contributed by atoms with Crippen molar-refractivity contribution in [1.29, 1.82) is 0 Å². The standard InChI is InChI=1S/C13H17IO2/c1-13(2,3)16-10-6-7-12(11(14)8-10)15-9-4-5-9/h6-9H,4-5H2,1-3H3. The van der Waals surface area contributed by atoms with Crippen LogP contribution in [0.25, 0.3) is 0 Å². The van der Waals surface area contributed by atoms with Gasteiger partial charge in [-0.25, -0.2) is 0 Å². The summed E-state index contributed by atoms with van der Waals surface area (Å²) in [7, 11) is 0. The summed E-state index contributed by atoms with van der Waals surface area (Å²) in [4.78, 5) is 0. The largest absolute Gasteiger partial charge is 0.489 e. The zero-order valence-corrected chi connectivity index (χ0v) is 12.1. The molecule has 0 spiro atoms. The van der Waals surface area contributed by atoms with Gasteiger partial charge in [-0.2, -0.15) is 0 Å². The van der Waals surface area contributed by atoms with Gasteiger partial charge in [0.1, 0.15) is 17.1 Å². The summed E-state index contributed by atoms with van der Waals surface area (Å²) in [5.41, 5.74) is -0.151. The quantitative estimate of drug-likeness (QED) is 0.779. The number of halogens is 1. The highest BCUT2D eigenvalue weighted by molar-refractivity contribution is 14.1. The Hall–Kier alpha value is -0.450. The fourth-order valence-electron chi connectivity index (χ4n) is 1.36. The zero-order chi connectivity index (χ0) is 11.8. The van der Waals surface area contributed by atoms with Crippen molar-refractivity contribution in [3.63, 3.8) is 0 Å². The van der Waals surface area contributed by atoms with Gasteiger partial charge in [-0.1, -0.05) is 0 Å². The second kappa shape index (κ2) is 4.43. The van der Waals surface area contributed by atoms with Crippen LogP contribution in [0.2, 0.25) is 0 Å². The lowest BCUT2D eigenvalue weighted by Crippen LogP contribution is -2.22. The van der Waals surface area contributed by atoms with E-state index in [1.165, 1.54) is 12.8 Å². The number of ether oxygens (including phenoxy) is 2. The van der Waals surface area contributed by atoms with Gasteiger partial charge < -0.3 is 9.47 Å². The van der Waals surface area contributed by atoms with Gasteiger partial charge >= 0.3 is 0 Å². The molecule has 2 rings (SSSR count). The van der Waals surface area contributed by atoms with E-state index in [1.54, 1.807) is 0 Å². The molecule has 0 bridgehead atoms. The lowest BCUT2D eigenvalue weighted by molar-refractivity contribution is 0.130. The minimum absolute atomic E-state index is 0.151. The molecule has 1 aromatic rings. The van der Waals surface area contributed by atoms with Crippen LogP contribution in [0.5, 0.6) is 11.5 Å². The van der Waals surface area contributed by atoms with Gasteiger partial charge in [-0.3, -0.25) is 0 Å². The van der Waals surface area contributed by atoms with E-state index in [-0.39, 0.29) is 5.60 Å². The molecule has 0 aliphatic heterocycles. The minimum atomic E-state index is -0.151. The van der Waals surface area contributed by atoms with E-state index in [0.29, 0.717) is 6.10 Å². The maximum absolute atomic E-state index is 5.80. The number of benzene rings is 1. The number of hydrogen-bond acceptors (Lipinski definition) is 2. The summed E-state index contributed by atoms with van der Waals surface area (Å²) in [6, 6.07) is 6.01. The van der Waals surface area contributed by atoms with E-state index < -0.39 is 0 Å². The van der Waals surface area contributed by atoms with Crippen molar-refractivity contribution >= 4 is 22.6 Å². The Morgan fingerprint density at radius 2 is 1.94 bits per heavy atom. The minimum Gasteiger partial charge on any atom is -0.489 e. The first-order valence-corrected chi connectivity index (χ1v) is 6.67. The third-order valence-electron chi connectivity index (χ3n) is 2.15. The molecule has 0 atom stereocenters. The van der Waals surface area contributed by atoms with Crippen LogP contribution in [0.1, 0.15) is 33.6 Å². The molecule has 0 saturated heterocycles. The highest BCUT2D eigenvalue weighted by Gasteiger charge is 2.24. The van der Waals surface area contributed by atoms with E-state index in [0.717, 1.165) is 15.1 Å². The lowest BCUT2D eigenvalue weighted by atomic mass is 10.2. The van der Waals surface area contributed by atoms with Crippen LogP contribution in [-0.2, 0) is 0 Å². The van der Waals surface area contributed by atoms with Gasteiger partial charge in [0.25, 0.3) is 0 Å². The molecular weight excluding hydrogens is 315 g/mol. The monoisotopic (exact) mass is 332 g/mol. The van der Waals surface area contributed by atoms with Gasteiger partial charge in [0.05, 0.1) is 9.67 Å². The Morgan fingerprint density at radius 1 is 1.25 bits per heavy atom. The van der Waals surface area contributed by atoms with E-state index in [9.17, 15) is 0 Å². The van der Waals surface area contributed by atoms with E-state index in [1.807, 2.05) is 18.2 Å². The maximum Gasteiger partial charge on any atom is 0.133 e. The van der Waals surface area contributed by atoms with Crippen molar-refractivity contribution < 1.29 is 9.47 Å². The molecule has 1 saturated carbocycles. The first-order chi connectivity index (χ1) is 7.44. The summed E-state index contributed by atoms with van der Waals surface area (Å²) in [5, 5.41) is 0. The summed E-state index contributed by atoms with van der Waals surface area (Å²) < 4.78 is 12.7. The van der Waals surface area contributed by atoms with Crippen molar-refractivity contribution in [3.05, 3.63) is 21.8 Å². The Morgan fingerprint density at radius 3 is 2.44 bits per heavy atom. The van der Waals surface area contributed by atoms with Crippen LogP contribution in [0.3, 0.4) is 0 Å². The lowest BCUT2D eigenvalue weighted by Gasteiger charge is -2.21. The Bertz CT molecular complexity index is 378. The first kappa shape index (κ1) is 12.0. The van der Waals surface area contributed by atoms with E-state index in [4.69, 9.17) is 9.47 Å². The summed E-state index contributed by atoms with van der Waals surface area (Å²) in [6.45, 7) is 6.15. The molecule has 0 aromatic heterocycles. The van der Waals surface area contributed by atoms with Crippen molar-refractivity contribution in [2.75, 3.05) is 0 Å². The van der Waals surface area contributed by atoms with Gasteiger partial charge in [0.2, 0.25) is 0 Å². The van der Waals surface area contributed by atoms with E-state index >= 15 is 0 Å². The molecule has 88 valence electrons. The third-order valence-corrected chi connectivity index (χ3v) is 2.99. The number of rotatable bonds is 3. The van der Waals surface area contributed by atoms with Crippen molar-refractivity contribution in [2.24, 2.45) is 0 Å². The highest BCUT2D eigenvalue weighted by atomic mass is 127. The molecule has 0 heterocycles. The molecular formula is C13H17IO2. The first-order valence-electron chi connectivity index (χ1n) is 5.59. The molecule has 0 unspecified atom stereocenters. The summed E-state index contributed by atoms with van der Waals surface area (Å²) in [6.07, 6.45) is 2.83. The fraction of sp³-hybridized carbons (Fsp3) is 0.538. The zero-order valence-electron chi connectivity index (χ0n) is 9.92. The van der Waals surface area contributed by atoms with Crippen LogP contribution >= 0.6 is 22.6 Å². The van der Waals surface area contributed by atoms with Crippen LogP contribution < -0.4 is 9.47 Å². The number of hydrogen-bond donors (Lipinski definition) is 0. The predicted molar refractivity (Wildman–Crippen MR) is 73.2 cm³/mol.